The summed E-state index contributed by atoms with van der Waals surface area (Å²) in [5.41, 5.74) is -2.39. The average molecular weight is 336 g/mol. The van der Waals surface area contributed by atoms with Crippen molar-refractivity contribution < 1.29 is 38.9 Å². The van der Waals surface area contributed by atoms with Crippen LogP contribution >= 0.6 is 0 Å². The quantitative estimate of drug-likeness (QED) is 0.583. The zero-order valence-corrected chi connectivity index (χ0v) is 13.2. The molecule has 130 valence electrons. The maximum atomic E-state index is 12.1. The van der Waals surface area contributed by atoms with Crippen LogP contribution in [0.5, 0.6) is 0 Å². The molecule has 0 unspecified atom stereocenters. The maximum Gasteiger partial charge on any atom is 0.339 e. The minimum atomic E-state index is -1.83. The zero-order chi connectivity index (χ0) is 18.3. The number of benzene rings is 1. The van der Waals surface area contributed by atoms with Gasteiger partial charge in [0.15, 0.2) is 0 Å². The van der Waals surface area contributed by atoms with Gasteiger partial charge in [0.25, 0.3) is 0 Å². The zero-order valence-electron chi connectivity index (χ0n) is 13.2. The molecule has 0 saturated heterocycles. The SMILES string of the molecule is CCCOC(=O)c1cc(C(=O)[O-])c(C(=O)[O-])cc1C(=O)OCCC. The van der Waals surface area contributed by atoms with Crippen molar-refractivity contribution in [3.8, 4) is 0 Å². The Labute approximate surface area is 138 Å². The van der Waals surface area contributed by atoms with Gasteiger partial charge in [-0.05, 0) is 25.0 Å². The monoisotopic (exact) mass is 336 g/mol. The number of hydrogen-bond acceptors (Lipinski definition) is 8. The highest BCUT2D eigenvalue weighted by molar-refractivity contribution is 6.09. The first-order chi connectivity index (χ1) is 11.3. The molecule has 0 heterocycles. The summed E-state index contributed by atoms with van der Waals surface area (Å²) in [5.74, 6) is -5.58. The highest BCUT2D eigenvalue weighted by Crippen LogP contribution is 2.19. The molecule has 24 heavy (non-hydrogen) atoms. The van der Waals surface area contributed by atoms with Crippen LogP contribution in [0.15, 0.2) is 12.1 Å². The Balaban J connectivity index is 3.47. The van der Waals surface area contributed by atoms with Gasteiger partial charge >= 0.3 is 11.9 Å². The van der Waals surface area contributed by atoms with E-state index in [-0.39, 0.29) is 13.2 Å². The molecule has 0 aliphatic heterocycles. The Morgan fingerprint density at radius 3 is 1.33 bits per heavy atom. The molecule has 0 radical (unpaired) electrons. The third-order valence-corrected chi connectivity index (χ3v) is 2.91. The number of carbonyl (C=O) groups is 4. The Kier molecular flexibility index (Phi) is 6.91. The molecule has 0 amide bonds. The van der Waals surface area contributed by atoms with Crippen LogP contribution in [0.25, 0.3) is 0 Å². The molecule has 8 nitrogen and oxygen atoms in total. The normalized spacial score (nSPS) is 10.1. The Morgan fingerprint density at radius 1 is 0.750 bits per heavy atom. The van der Waals surface area contributed by atoms with Crippen LogP contribution in [-0.4, -0.2) is 37.1 Å². The smallest absolute Gasteiger partial charge is 0.339 e. The Bertz CT molecular complexity index is 605. The molecule has 0 saturated carbocycles. The molecular weight excluding hydrogens is 320 g/mol. The number of aromatic carboxylic acids is 2. The third kappa shape index (κ3) is 4.55. The van der Waals surface area contributed by atoms with Crippen LogP contribution in [0.3, 0.4) is 0 Å². The van der Waals surface area contributed by atoms with E-state index < -0.39 is 46.1 Å². The topological polar surface area (TPSA) is 133 Å². The standard InChI is InChI=1S/C16H18O8/c1-3-5-23-15(21)11-7-9(13(17)18)10(14(19)20)8-12(11)16(22)24-6-4-2/h7-8H,3-6H2,1-2H3,(H,17,18)(H,19,20)/p-2. The average Bonchev–Trinajstić information content (AvgIpc) is 2.55. The largest absolute Gasteiger partial charge is 0.545 e. The van der Waals surface area contributed by atoms with Gasteiger partial charge in [0.05, 0.1) is 36.3 Å². The van der Waals surface area contributed by atoms with E-state index in [1.54, 1.807) is 13.8 Å². The van der Waals surface area contributed by atoms with Gasteiger partial charge in [-0.3, -0.25) is 0 Å². The van der Waals surface area contributed by atoms with Crippen molar-refractivity contribution >= 4 is 23.9 Å². The highest BCUT2D eigenvalue weighted by atomic mass is 16.5. The second-order valence-corrected chi connectivity index (χ2v) is 4.79. The van der Waals surface area contributed by atoms with Crippen LogP contribution < -0.4 is 10.2 Å². The Morgan fingerprint density at radius 2 is 1.08 bits per heavy atom. The van der Waals surface area contributed by atoms with E-state index in [0.29, 0.717) is 12.8 Å². The van der Waals surface area contributed by atoms with Crippen LogP contribution in [-0.2, 0) is 9.47 Å². The number of rotatable bonds is 8. The van der Waals surface area contributed by atoms with Gasteiger partial charge in [0.1, 0.15) is 0 Å². The predicted molar refractivity (Wildman–Crippen MR) is 76.3 cm³/mol. The van der Waals surface area contributed by atoms with Gasteiger partial charge in [-0.15, -0.1) is 0 Å². The second kappa shape index (κ2) is 8.66. The van der Waals surface area contributed by atoms with Crippen molar-refractivity contribution in [3.63, 3.8) is 0 Å². The lowest BCUT2D eigenvalue weighted by atomic mass is 9.98. The molecule has 1 aromatic carbocycles. The predicted octanol–water partition coefficient (Wildman–Crippen LogP) is -0.453. The number of carboxylic acids is 2. The van der Waals surface area contributed by atoms with Gasteiger partial charge in [0, 0.05) is 11.1 Å². The van der Waals surface area contributed by atoms with Crippen LogP contribution in [0.1, 0.15) is 68.1 Å². The van der Waals surface area contributed by atoms with Crippen molar-refractivity contribution in [1.29, 1.82) is 0 Å². The van der Waals surface area contributed by atoms with Crippen LogP contribution in [0.2, 0.25) is 0 Å². The minimum absolute atomic E-state index is 0.0468. The van der Waals surface area contributed by atoms with E-state index in [4.69, 9.17) is 9.47 Å². The van der Waals surface area contributed by atoms with E-state index in [1.165, 1.54) is 0 Å². The van der Waals surface area contributed by atoms with E-state index in [1.807, 2.05) is 0 Å². The number of hydrogen-bond donors (Lipinski definition) is 0. The van der Waals surface area contributed by atoms with Crippen molar-refractivity contribution in [3.05, 3.63) is 34.4 Å². The summed E-state index contributed by atoms with van der Waals surface area (Å²) in [6, 6.07) is 1.45. The molecule has 1 aromatic rings. The van der Waals surface area contributed by atoms with E-state index in [9.17, 15) is 29.4 Å². The van der Waals surface area contributed by atoms with Gasteiger partial charge in [-0.2, -0.15) is 0 Å². The summed E-state index contributed by atoms with van der Waals surface area (Å²) in [6.07, 6.45) is 1.01. The first-order valence-corrected chi connectivity index (χ1v) is 7.28. The summed E-state index contributed by atoms with van der Waals surface area (Å²) in [7, 11) is 0. The molecular formula is C16H16O8-2. The van der Waals surface area contributed by atoms with E-state index in [0.717, 1.165) is 12.1 Å². The lowest BCUT2D eigenvalue weighted by molar-refractivity contribution is -0.259. The van der Waals surface area contributed by atoms with Crippen molar-refractivity contribution in [2.45, 2.75) is 26.7 Å². The van der Waals surface area contributed by atoms with Gasteiger partial charge in [-0.1, -0.05) is 13.8 Å². The Hall–Kier alpha value is -2.90. The van der Waals surface area contributed by atoms with Gasteiger partial charge in [-0.25, -0.2) is 9.59 Å². The lowest BCUT2D eigenvalue weighted by Crippen LogP contribution is -2.31. The van der Waals surface area contributed by atoms with Crippen LogP contribution in [0.4, 0.5) is 0 Å². The van der Waals surface area contributed by atoms with E-state index >= 15 is 0 Å². The molecule has 0 aliphatic rings. The van der Waals surface area contributed by atoms with Crippen molar-refractivity contribution in [1.82, 2.24) is 0 Å². The number of ether oxygens (including phenoxy) is 2. The summed E-state index contributed by atoms with van der Waals surface area (Å²) in [6.45, 7) is 3.58. The lowest BCUT2D eigenvalue weighted by Gasteiger charge is -2.16. The molecule has 1 rings (SSSR count). The fourth-order valence-corrected chi connectivity index (χ4v) is 1.82. The summed E-state index contributed by atoms with van der Waals surface area (Å²) >= 11 is 0. The molecule has 8 heteroatoms. The molecule has 0 aromatic heterocycles. The minimum Gasteiger partial charge on any atom is -0.545 e. The molecule has 0 atom stereocenters. The summed E-state index contributed by atoms with van der Waals surface area (Å²) in [4.78, 5) is 46.3. The first-order valence-electron chi connectivity index (χ1n) is 7.28. The second-order valence-electron chi connectivity index (χ2n) is 4.79. The fraction of sp³-hybridized carbons (Fsp3) is 0.375. The first kappa shape index (κ1) is 19.1. The summed E-state index contributed by atoms with van der Waals surface area (Å²) < 4.78 is 9.77. The van der Waals surface area contributed by atoms with Gasteiger partial charge in [0.2, 0.25) is 0 Å². The van der Waals surface area contributed by atoms with Crippen molar-refractivity contribution in [2.75, 3.05) is 13.2 Å². The fourth-order valence-electron chi connectivity index (χ4n) is 1.82. The molecule has 0 N–H and O–H groups in total. The van der Waals surface area contributed by atoms with Gasteiger partial charge < -0.3 is 29.3 Å². The number of carbonyl (C=O) groups excluding carboxylic acids is 4. The van der Waals surface area contributed by atoms with Crippen molar-refractivity contribution in [2.24, 2.45) is 0 Å². The molecule has 0 fully saturated rings. The van der Waals surface area contributed by atoms with Crippen LogP contribution in [0, 0.1) is 0 Å². The molecule has 0 spiro atoms. The maximum absolute atomic E-state index is 12.1. The third-order valence-electron chi connectivity index (χ3n) is 2.91. The highest BCUT2D eigenvalue weighted by Gasteiger charge is 2.23. The summed E-state index contributed by atoms with van der Waals surface area (Å²) in [5, 5.41) is 22.2. The number of carboxylic acid groups (broad SMARTS) is 2. The molecule has 0 bridgehead atoms. The molecule has 0 aliphatic carbocycles. The van der Waals surface area contributed by atoms with E-state index in [2.05, 4.69) is 0 Å². The number of esters is 2.